The van der Waals surface area contributed by atoms with Crippen LogP contribution in [0.5, 0.6) is 5.75 Å². The summed E-state index contributed by atoms with van der Waals surface area (Å²) < 4.78 is 39.2. The molecule has 0 aromatic heterocycles. The SMILES string of the molecule is [2H]c1c([2H])c([2H])c(/C(=C\C)c2cc(C=O)ccc2O)c([2H])c1[2H]. The van der Waals surface area contributed by atoms with Crippen LogP contribution in [-0.4, -0.2) is 11.4 Å². The van der Waals surface area contributed by atoms with Gasteiger partial charge in [0.15, 0.2) is 0 Å². The van der Waals surface area contributed by atoms with Gasteiger partial charge < -0.3 is 5.11 Å². The van der Waals surface area contributed by atoms with E-state index in [2.05, 4.69) is 0 Å². The van der Waals surface area contributed by atoms with Crippen LogP contribution in [-0.2, 0) is 0 Å². The van der Waals surface area contributed by atoms with Crippen molar-refractivity contribution in [1.29, 1.82) is 0 Å². The zero-order chi connectivity index (χ0) is 17.3. The molecule has 90 valence electrons. The molecule has 2 rings (SSSR count). The zero-order valence-electron chi connectivity index (χ0n) is 14.7. The van der Waals surface area contributed by atoms with E-state index in [0.29, 0.717) is 11.8 Å². The topological polar surface area (TPSA) is 37.3 Å². The number of benzene rings is 2. The van der Waals surface area contributed by atoms with Crippen molar-refractivity contribution in [1.82, 2.24) is 0 Å². The fourth-order valence-corrected chi connectivity index (χ4v) is 1.66. The van der Waals surface area contributed by atoms with Gasteiger partial charge in [0.05, 0.1) is 6.85 Å². The first-order valence-electron chi connectivity index (χ1n) is 7.85. The quantitative estimate of drug-likeness (QED) is 0.835. The minimum atomic E-state index is -0.481. The number of carbonyl (C=O) groups excluding carboxylic acids is 1. The summed E-state index contributed by atoms with van der Waals surface area (Å²) in [6, 6.07) is 2.07. The molecular formula is C16H14O2. The van der Waals surface area contributed by atoms with Crippen molar-refractivity contribution in [2.24, 2.45) is 0 Å². The van der Waals surface area contributed by atoms with Crippen LogP contribution in [0.4, 0.5) is 0 Å². The Hall–Kier alpha value is -2.35. The van der Waals surface area contributed by atoms with Crippen molar-refractivity contribution < 1.29 is 16.8 Å². The Morgan fingerprint density at radius 2 is 2.00 bits per heavy atom. The lowest BCUT2D eigenvalue weighted by Crippen LogP contribution is -1.90. The van der Waals surface area contributed by atoms with Crippen molar-refractivity contribution in [3.05, 3.63) is 71.2 Å². The molecule has 0 aliphatic rings. The smallest absolute Gasteiger partial charge is 0.150 e. The molecule has 0 unspecified atom stereocenters. The van der Waals surface area contributed by atoms with Crippen LogP contribution in [0.3, 0.4) is 0 Å². The van der Waals surface area contributed by atoms with Gasteiger partial charge in [-0.05, 0) is 36.3 Å². The molecule has 2 nitrogen and oxygen atoms in total. The Morgan fingerprint density at radius 3 is 2.61 bits per heavy atom. The van der Waals surface area contributed by atoms with Crippen molar-refractivity contribution in [2.45, 2.75) is 6.92 Å². The van der Waals surface area contributed by atoms with E-state index >= 15 is 0 Å². The van der Waals surface area contributed by atoms with Crippen LogP contribution in [0, 0.1) is 0 Å². The molecule has 0 bridgehead atoms. The van der Waals surface area contributed by atoms with Crippen molar-refractivity contribution in [3.63, 3.8) is 0 Å². The first-order valence-corrected chi connectivity index (χ1v) is 5.35. The van der Waals surface area contributed by atoms with Crippen LogP contribution in [0.25, 0.3) is 5.57 Å². The molecule has 2 heteroatoms. The van der Waals surface area contributed by atoms with E-state index in [1.807, 2.05) is 0 Å². The maximum absolute atomic E-state index is 10.9. The number of phenols is 1. The van der Waals surface area contributed by atoms with Gasteiger partial charge in [0, 0.05) is 11.1 Å². The molecule has 0 saturated carbocycles. The van der Waals surface area contributed by atoms with Gasteiger partial charge in [-0.2, -0.15) is 0 Å². The summed E-state index contributed by atoms with van der Waals surface area (Å²) in [6.45, 7) is 1.63. The molecule has 0 aliphatic heterocycles. The highest BCUT2D eigenvalue weighted by Crippen LogP contribution is 2.30. The molecule has 0 amide bonds. The van der Waals surface area contributed by atoms with Gasteiger partial charge in [-0.25, -0.2) is 0 Å². The maximum atomic E-state index is 10.9. The Balaban J connectivity index is 2.82. The number of aldehydes is 1. The highest BCUT2D eigenvalue weighted by molar-refractivity contribution is 5.86. The van der Waals surface area contributed by atoms with Gasteiger partial charge in [-0.3, -0.25) is 4.79 Å². The highest BCUT2D eigenvalue weighted by atomic mass is 16.3. The minimum Gasteiger partial charge on any atom is -0.507 e. The minimum absolute atomic E-state index is 0.0168. The van der Waals surface area contributed by atoms with Gasteiger partial charge >= 0.3 is 0 Å². The molecule has 0 heterocycles. The van der Waals surface area contributed by atoms with E-state index in [4.69, 9.17) is 6.85 Å². The van der Waals surface area contributed by atoms with Crippen molar-refractivity contribution in [3.8, 4) is 5.75 Å². The van der Waals surface area contributed by atoms with Gasteiger partial charge in [-0.1, -0.05) is 36.3 Å². The van der Waals surface area contributed by atoms with Crippen LogP contribution < -0.4 is 0 Å². The number of hydrogen-bond donors (Lipinski definition) is 1. The number of phenolic OH excluding ortho intramolecular Hbond substituents is 1. The van der Waals surface area contributed by atoms with E-state index in [9.17, 15) is 9.90 Å². The van der Waals surface area contributed by atoms with Crippen LogP contribution in [0.1, 0.15) is 35.3 Å². The highest BCUT2D eigenvalue weighted by Gasteiger charge is 2.09. The summed E-state index contributed by atoms with van der Waals surface area (Å²) in [5, 5.41) is 10.1. The number of hydrogen-bond acceptors (Lipinski definition) is 2. The van der Waals surface area contributed by atoms with Crippen LogP contribution >= 0.6 is 0 Å². The Kier molecular flexibility index (Phi) is 2.12. The number of aromatic hydroxyl groups is 1. The van der Waals surface area contributed by atoms with E-state index in [0.717, 1.165) is 0 Å². The second-order valence-corrected chi connectivity index (χ2v) is 3.60. The molecule has 0 fully saturated rings. The second kappa shape index (κ2) is 5.32. The molecule has 2 aromatic carbocycles. The molecule has 2 aromatic rings. The average Bonchev–Trinajstić information content (AvgIpc) is 2.56. The fourth-order valence-electron chi connectivity index (χ4n) is 1.66. The van der Waals surface area contributed by atoms with Crippen molar-refractivity contribution in [2.75, 3.05) is 0 Å². The average molecular weight is 243 g/mol. The molecule has 0 radical (unpaired) electrons. The monoisotopic (exact) mass is 243 g/mol. The lowest BCUT2D eigenvalue weighted by atomic mass is 9.96. The Morgan fingerprint density at radius 1 is 1.28 bits per heavy atom. The largest absolute Gasteiger partial charge is 0.507 e. The summed E-state index contributed by atoms with van der Waals surface area (Å²) >= 11 is 0. The lowest BCUT2D eigenvalue weighted by molar-refractivity contribution is 0.112. The molecule has 0 saturated heterocycles. The fraction of sp³-hybridized carbons (Fsp3) is 0.0625. The molecule has 0 spiro atoms. The Bertz CT molecular complexity index is 799. The summed E-state index contributed by atoms with van der Waals surface area (Å²) in [6.07, 6.45) is 2.15. The summed E-state index contributed by atoms with van der Waals surface area (Å²) in [5.74, 6) is -0.143. The zero-order valence-corrected chi connectivity index (χ0v) is 9.74. The number of allylic oxidation sites excluding steroid dienone is 1. The van der Waals surface area contributed by atoms with E-state index in [1.165, 1.54) is 24.3 Å². The lowest BCUT2D eigenvalue weighted by Gasteiger charge is -2.10. The van der Waals surface area contributed by atoms with Gasteiger partial charge in [0.25, 0.3) is 0 Å². The Labute approximate surface area is 113 Å². The molecule has 0 atom stereocenters. The third kappa shape index (κ3) is 2.33. The van der Waals surface area contributed by atoms with Crippen LogP contribution in [0.2, 0.25) is 0 Å². The number of carbonyl (C=O) groups is 1. The first kappa shape index (κ1) is 7.17. The first-order chi connectivity index (χ1) is 10.8. The molecule has 0 aliphatic carbocycles. The summed E-state index contributed by atoms with van der Waals surface area (Å²) in [4.78, 5) is 10.9. The normalized spacial score (nSPS) is 15.2. The molecule has 1 N–H and O–H groups in total. The number of rotatable bonds is 3. The van der Waals surface area contributed by atoms with E-state index in [-0.39, 0.29) is 34.5 Å². The van der Waals surface area contributed by atoms with Gasteiger partial charge in [-0.15, -0.1) is 0 Å². The van der Waals surface area contributed by atoms with Gasteiger partial charge in [0.1, 0.15) is 12.0 Å². The van der Waals surface area contributed by atoms with E-state index in [1.54, 1.807) is 6.92 Å². The van der Waals surface area contributed by atoms with Crippen molar-refractivity contribution >= 4 is 11.9 Å². The molecular weight excluding hydrogens is 224 g/mol. The van der Waals surface area contributed by atoms with Gasteiger partial charge in [0.2, 0.25) is 0 Å². The second-order valence-electron chi connectivity index (χ2n) is 3.60. The maximum Gasteiger partial charge on any atom is 0.150 e. The predicted molar refractivity (Wildman–Crippen MR) is 72.7 cm³/mol. The summed E-state index contributed by atoms with van der Waals surface area (Å²) in [7, 11) is 0. The van der Waals surface area contributed by atoms with Crippen LogP contribution in [0.15, 0.2) is 54.5 Å². The third-order valence-corrected chi connectivity index (χ3v) is 2.50. The standard InChI is InChI=1S/C16H14O2/c1-2-14(13-6-4-3-5-7-13)15-10-12(11-17)8-9-16(15)18/h2-11,18H,1H3/b14-2+/i3D,4D,5D,6D,7D. The predicted octanol–water partition coefficient (Wildman–Crippen LogP) is 3.66. The third-order valence-electron chi connectivity index (χ3n) is 2.50. The summed E-state index contributed by atoms with van der Waals surface area (Å²) in [5.41, 5.74) is 0.792. The van der Waals surface area contributed by atoms with E-state index < -0.39 is 18.1 Å². The molecule has 18 heavy (non-hydrogen) atoms.